The summed E-state index contributed by atoms with van der Waals surface area (Å²) in [5.41, 5.74) is 6.06. The molecule has 1 amide bonds. The molecule has 0 bridgehead atoms. The molecular weight excluding hydrogens is 630 g/mol. The van der Waals surface area contributed by atoms with Crippen LogP contribution in [0.25, 0.3) is 11.1 Å². The van der Waals surface area contributed by atoms with E-state index in [1.54, 1.807) is 30.1 Å². The van der Waals surface area contributed by atoms with Crippen molar-refractivity contribution in [1.82, 2.24) is 10.2 Å². The van der Waals surface area contributed by atoms with Gasteiger partial charge in [0.05, 0.1) is 18.2 Å². The molecule has 4 aromatic rings. The van der Waals surface area contributed by atoms with Gasteiger partial charge in [-0.1, -0.05) is 41.9 Å². The molecule has 8 nitrogen and oxygen atoms in total. The average Bonchev–Trinajstić information content (AvgIpc) is 3.04. The average molecular weight is 665 g/mol. The van der Waals surface area contributed by atoms with E-state index < -0.39 is 23.6 Å². The Kier molecular flexibility index (Phi) is 10.8. The van der Waals surface area contributed by atoms with Crippen LogP contribution in [0, 0.1) is 25.5 Å². The number of carboxylic acids is 1. The lowest BCUT2D eigenvalue weighted by Crippen LogP contribution is -2.49. The number of carbonyl (C=O) groups excluding carboxylic acids is 1. The summed E-state index contributed by atoms with van der Waals surface area (Å²) in [4.78, 5) is 26.0. The Balaban J connectivity index is 1.43. The van der Waals surface area contributed by atoms with Crippen LogP contribution in [-0.2, 0) is 29.3 Å². The molecule has 1 aliphatic rings. The van der Waals surface area contributed by atoms with E-state index in [1.807, 2.05) is 44.2 Å². The molecule has 0 radical (unpaired) electrons. The number of rotatable bonds is 11. The van der Waals surface area contributed by atoms with Crippen LogP contribution < -0.4 is 14.8 Å². The quantitative estimate of drug-likeness (QED) is 0.184. The van der Waals surface area contributed by atoms with Gasteiger partial charge in [0.2, 0.25) is 0 Å². The SMILES string of the molecule is CNC(=O)c1cccc(-c2cccc(COc3cc(OCc4cc(F)cc(F)c4)c(CN4CCOC[C@H]4C(=O)O)cc3Cl)c2C)c1C. The Morgan fingerprint density at radius 1 is 0.936 bits per heavy atom. The predicted molar refractivity (Wildman–Crippen MR) is 174 cm³/mol. The second-order valence-electron chi connectivity index (χ2n) is 11.3. The van der Waals surface area contributed by atoms with Gasteiger partial charge in [0.15, 0.2) is 0 Å². The highest BCUT2D eigenvalue weighted by Gasteiger charge is 2.30. The number of hydrogen-bond acceptors (Lipinski definition) is 6. The van der Waals surface area contributed by atoms with Crippen LogP contribution in [0.4, 0.5) is 8.78 Å². The summed E-state index contributed by atoms with van der Waals surface area (Å²) in [5.74, 6) is -1.98. The lowest BCUT2D eigenvalue weighted by Gasteiger charge is -2.33. The summed E-state index contributed by atoms with van der Waals surface area (Å²) in [7, 11) is 1.60. The van der Waals surface area contributed by atoms with Gasteiger partial charge in [-0.25, -0.2) is 8.78 Å². The number of nitrogens with one attached hydrogen (secondary N) is 1. The van der Waals surface area contributed by atoms with Gasteiger partial charge in [-0.15, -0.1) is 0 Å². The highest BCUT2D eigenvalue weighted by atomic mass is 35.5. The molecule has 1 heterocycles. The molecular formula is C36H35ClF2N2O6. The van der Waals surface area contributed by atoms with Gasteiger partial charge in [0.25, 0.3) is 5.91 Å². The summed E-state index contributed by atoms with van der Waals surface area (Å²) in [6.45, 7) is 4.88. The molecule has 1 aliphatic heterocycles. The van der Waals surface area contributed by atoms with E-state index in [2.05, 4.69) is 5.32 Å². The molecule has 47 heavy (non-hydrogen) atoms. The fourth-order valence-corrected chi connectivity index (χ4v) is 5.91. The van der Waals surface area contributed by atoms with E-state index in [1.165, 1.54) is 12.1 Å². The number of benzene rings is 4. The van der Waals surface area contributed by atoms with E-state index in [-0.39, 0.29) is 42.9 Å². The Bertz CT molecular complexity index is 1780. The molecule has 0 aliphatic carbocycles. The van der Waals surface area contributed by atoms with Crippen LogP contribution >= 0.6 is 11.6 Å². The Labute approximate surface area is 276 Å². The van der Waals surface area contributed by atoms with Crippen molar-refractivity contribution in [3.63, 3.8) is 0 Å². The first-order chi connectivity index (χ1) is 22.5. The number of morpholine rings is 1. The second-order valence-corrected chi connectivity index (χ2v) is 11.7. The summed E-state index contributed by atoms with van der Waals surface area (Å²) < 4.78 is 45.4. The third kappa shape index (κ3) is 7.90. The molecule has 0 aromatic heterocycles. The van der Waals surface area contributed by atoms with Crippen molar-refractivity contribution in [2.24, 2.45) is 0 Å². The second kappa shape index (κ2) is 14.9. The predicted octanol–water partition coefficient (Wildman–Crippen LogP) is 6.71. The zero-order valence-electron chi connectivity index (χ0n) is 26.2. The highest BCUT2D eigenvalue weighted by Crippen LogP contribution is 2.36. The van der Waals surface area contributed by atoms with Crippen molar-refractivity contribution in [3.05, 3.63) is 117 Å². The highest BCUT2D eigenvalue weighted by molar-refractivity contribution is 6.32. The number of carboxylic acid groups (broad SMARTS) is 1. The van der Waals surface area contributed by atoms with Gasteiger partial charge in [0.1, 0.15) is 42.4 Å². The van der Waals surface area contributed by atoms with Crippen molar-refractivity contribution in [3.8, 4) is 22.6 Å². The largest absolute Gasteiger partial charge is 0.488 e. The maximum absolute atomic E-state index is 13.9. The molecule has 5 rings (SSSR count). The molecule has 246 valence electrons. The third-order valence-electron chi connectivity index (χ3n) is 8.25. The van der Waals surface area contributed by atoms with Gasteiger partial charge in [-0.3, -0.25) is 14.5 Å². The van der Waals surface area contributed by atoms with Gasteiger partial charge in [0, 0.05) is 43.4 Å². The summed E-state index contributed by atoms with van der Waals surface area (Å²) in [6, 6.07) is 17.0. The monoisotopic (exact) mass is 664 g/mol. The number of nitrogens with zero attached hydrogens (tertiary/aromatic N) is 1. The van der Waals surface area contributed by atoms with Gasteiger partial charge in [-0.2, -0.15) is 0 Å². The molecule has 0 spiro atoms. The third-order valence-corrected chi connectivity index (χ3v) is 8.55. The van der Waals surface area contributed by atoms with Crippen LogP contribution in [-0.4, -0.2) is 54.7 Å². The maximum atomic E-state index is 13.9. The minimum absolute atomic E-state index is 0.0387. The fourth-order valence-electron chi connectivity index (χ4n) is 5.67. The van der Waals surface area contributed by atoms with E-state index in [0.717, 1.165) is 33.9 Å². The number of halogens is 3. The lowest BCUT2D eigenvalue weighted by atomic mass is 9.91. The minimum Gasteiger partial charge on any atom is -0.488 e. The van der Waals surface area contributed by atoms with Crippen LogP contribution in [0.3, 0.4) is 0 Å². The number of aliphatic carboxylic acids is 1. The molecule has 11 heteroatoms. The maximum Gasteiger partial charge on any atom is 0.323 e. The summed E-state index contributed by atoms with van der Waals surface area (Å²) in [5, 5.41) is 12.7. The van der Waals surface area contributed by atoms with Crippen molar-refractivity contribution in [2.45, 2.75) is 39.6 Å². The lowest BCUT2D eigenvalue weighted by molar-refractivity contribution is -0.150. The van der Waals surface area contributed by atoms with E-state index >= 15 is 0 Å². The number of amides is 1. The van der Waals surface area contributed by atoms with Crippen LogP contribution in [0.5, 0.6) is 11.5 Å². The van der Waals surface area contributed by atoms with Crippen LogP contribution in [0.15, 0.2) is 66.7 Å². The molecule has 2 N–H and O–H groups in total. The minimum atomic E-state index is -1.01. The van der Waals surface area contributed by atoms with Crippen LogP contribution in [0.2, 0.25) is 5.02 Å². The Hall–Kier alpha value is -4.51. The number of carbonyl (C=O) groups is 2. The van der Waals surface area contributed by atoms with Crippen molar-refractivity contribution >= 4 is 23.5 Å². The summed E-state index contributed by atoms with van der Waals surface area (Å²) >= 11 is 6.71. The zero-order valence-corrected chi connectivity index (χ0v) is 27.0. The number of hydrogen-bond donors (Lipinski definition) is 2. The van der Waals surface area contributed by atoms with E-state index in [4.69, 9.17) is 25.8 Å². The summed E-state index contributed by atoms with van der Waals surface area (Å²) in [6.07, 6.45) is 0. The Morgan fingerprint density at radius 2 is 1.62 bits per heavy atom. The normalized spacial score (nSPS) is 14.9. The zero-order chi connectivity index (χ0) is 33.7. The molecule has 0 unspecified atom stereocenters. The molecule has 1 atom stereocenters. The molecule has 0 saturated carbocycles. The Morgan fingerprint density at radius 3 is 2.32 bits per heavy atom. The van der Waals surface area contributed by atoms with Gasteiger partial charge >= 0.3 is 5.97 Å². The standard InChI is InChI=1S/C36H35ClF2N2O6/c1-21-24(6-4-7-28(21)29-8-5-9-30(22(29)2)35(42)40-3)19-47-34-16-33(46-18-23-12-26(38)15-27(39)13-23)25(14-31(34)37)17-41-10-11-45-20-32(41)36(43)44/h4-9,12-16,32H,10-11,17-20H2,1-3H3,(H,40,42)(H,43,44)/t32-/m0/s1. The van der Waals surface area contributed by atoms with Crippen molar-refractivity contribution in [1.29, 1.82) is 0 Å². The van der Waals surface area contributed by atoms with E-state index in [9.17, 15) is 23.5 Å². The molecule has 1 fully saturated rings. The molecule has 4 aromatic carbocycles. The van der Waals surface area contributed by atoms with Gasteiger partial charge in [-0.05, 0) is 71.5 Å². The topological polar surface area (TPSA) is 97.3 Å². The first-order valence-corrected chi connectivity index (χ1v) is 15.4. The van der Waals surface area contributed by atoms with Gasteiger partial charge < -0.3 is 24.6 Å². The van der Waals surface area contributed by atoms with Crippen LogP contribution in [0.1, 0.15) is 38.2 Å². The smallest absolute Gasteiger partial charge is 0.323 e. The molecule has 1 saturated heterocycles. The van der Waals surface area contributed by atoms with E-state index in [0.29, 0.717) is 35.8 Å². The van der Waals surface area contributed by atoms with Crippen molar-refractivity contribution in [2.75, 3.05) is 26.8 Å². The van der Waals surface area contributed by atoms with Crippen molar-refractivity contribution < 1.29 is 37.7 Å². The first kappa shape index (κ1) is 33.8. The fraction of sp³-hybridized carbons (Fsp3) is 0.278. The number of ether oxygens (including phenoxy) is 3. The first-order valence-electron chi connectivity index (χ1n) is 15.0.